The molecule has 8 heteroatoms. The molecule has 0 saturated heterocycles. The summed E-state index contributed by atoms with van der Waals surface area (Å²) in [5.74, 6) is -0.821. The minimum Gasteiger partial charge on any atom is -0.338 e. The van der Waals surface area contributed by atoms with Crippen molar-refractivity contribution in [1.29, 1.82) is 0 Å². The minimum atomic E-state index is -0.804. The molecule has 1 heterocycles. The highest BCUT2D eigenvalue weighted by Crippen LogP contribution is 2.14. The van der Waals surface area contributed by atoms with Gasteiger partial charge in [0, 0.05) is 17.1 Å². The van der Waals surface area contributed by atoms with Gasteiger partial charge in [-0.2, -0.15) is 0 Å². The summed E-state index contributed by atoms with van der Waals surface area (Å²) in [7, 11) is 0. The summed E-state index contributed by atoms with van der Waals surface area (Å²) in [6.07, 6.45) is 1.82. The predicted molar refractivity (Wildman–Crippen MR) is 123 cm³/mol. The normalized spacial score (nSPS) is 11.5. The molecule has 0 bridgehead atoms. The first-order valence-electron chi connectivity index (χ1n) is 9.97. The van der Waals surface area contributed by atoms with Crippen molar-refractivity contribution in [2.45, 2.75) is 12.5 Å². The number of aromatic nitrogens is 3. The number of nitrogens with zero attached hydrogens (tertiary/aromatic N) is 3. The first-order chi connectivity index (χ1) is 15.6. The van der Waals surface area contributed by atoms with Crippen LogP contribution in [0.15, 0.2) is 91.1 Å². The number of benzene rings is 3. The van der Waals surface area contributed by atoms with Crippen molar-refractivity contribution in [3.05, 3.63) is 107 Å². The van der Waals surface area contributed by atoms with Gasteiger partial charge in [-0.3, -0.25) is 9.59 Å². The summed E-state index contributed by atoms with van der Waals surface area (Å²) >= 11 is 6.03. The number of rotatable bonds is 7. The lowest BCUT2D eigenvalue weighted by atomic mass is 10.0. The Morgan fingerprint density at radius 3 is 2.38 bits per heavy atom. The maximum absolute atomic E-state index is 13.0. The number of anilines is 1. The molecule has 7 nitrogen and oxygen atoms in total. The van der Waals surface area contributed by atoms with Gasteiger partial charge in [0.2, 0.25) is 5.91 Å². The zero-order chi connectivity index (χ0) is 22.3. The molecule has 3 aromatic carbocycles. The lowest BCUT2D eigenvalue weighted by molar-refractivity contribution is -0.118. The van der Waals surface area contributed by atoms with Crippen LogP contribution in [0.3, 0.4) is 0 Å². The van der Waals surface area contributed by atoms with Crippen LogP contribution in [-0.2, 0) is 11.2 Å². The van der Waals surface area contributed by atoms with E-state index in [1.165, 1.54) is 10.9 Å². The van der Waals surface area contributed by atoms with Gasteiger partial charge in [-0.25, -0.2) is 4.68 Å². The van der Waals surface area contributed by atoms with Crippen molar-refractivity contribution in [1.82, 2.24) is 20.3 Å². The number of amides is 2. The van der Waals surface area contributed by atoms with Crippen LogP contribution in [0.2, 0.25) is 5.02 Å². The monoisotopic (exact) mass is 445 g/mol. The lowest BCUT2D eigenvalue weighted by Gasteiger charge is -2.18. The van der Waals surface area contributed by atoms with Gasteiger partial charge >= 0.3 is 0 Å². The topological polar surface area (TPSA) is 88.9 Å². The van der Waals surface area contributed by atoms with Gasteiger partial charge < -0.3 is 10.6 Å². The van der Waals surface area contributed by atoms with Gasteiger partial charge in [0.1, 0.15) is 6.04 Å². The highest BCUT2D eigenvalue weighted by Gasteiger charge is 2.23. The Kier molecular flexibility index (Phi) is 6.57. The fourth-order valence-electron chi connectivity index (χ4n) is 3.15. The van der Waals surface area contributed by atoms with E-state index in [-0.39, 0.29) is 11.6 Å². The first kappa shape index (κ1) is 21.3. The lowest BCUT2D eigenvalue weighted by Crippen LogP contribution is -2.45. The van der Waals surface area contributed by atoms with Crippen LogP contribution >= 0.6 is 11.6 Å². The molecular weight excluding hydrogens is 426 g/mol. The van der Waals surface area contributed by atoms with Crippen molar-refractivity contribution in [3.63, 3.8) is 0 Å². The second kappa shape index (κ2) is 9.89. The van der Waals surface area contributed by atoms with E-state index in [0.29, 0.717) is 22.8 Å². The molecule has 1 atom stereocenters. The molecule has 160 valence electrons. The molecule has 0 aliphatic rings. The summed E-state index contributed by atoms with van der Waals surface area (Å²) in [5, 5.41) is 14.1. The van der Waals surface area contributed by atoms with Crippen LogP contribution in [0.25, 0.3) is 5.69 Å². The second-order valence-electron chi connectivity index (χ2n) is 7.10. The number of para-hydroxylation sites is 1. The Morgan fingerprint density at radius 2 is 1.66 bits per heavy atom. The van der Waals surface area contributed by atoms with Crippen LogP contribution in [0, 0.1) is 0 Å². The zero-order valence-corrected chi connectivity index (χ0v) is 17.7. The van der Waals surface area contributed by atoms with Gasteiger partial charge in [-0.1, -0.05) is 71.4 Å². The molecule has 0 radical (unpaired) electrons. The van der Waals surface area contributed by atoms with Crippen molar-refractivity contribution in [2.24, 2.45) is 0 Å². The average molecular weight is 446 g/mol. The van der Waals surface area contributed by atoms with E-state index in [1.807, 2.05) is 48.5 Å². The Morgan fingerprint density at radius 1 is 0.938 bits per heavy atom. The first-order valence-corrected chi connectivity index (χ1v) is 10.4. The van der Waals surface area contributed by atoms with E-state index in [4.69, 9.17) is 11.6 Å². The third-order valence-corrected chi connectivity index (χ3v) is 4.98. The molecule has 1 unspecified atom stereocenters. The number of halogens is 1. The molecule has 0 fully saturated rings. The number of carbonyl (C=O) groups excluding carboxylic acids is 2. The van der Waals surface area contributed by atoms with Crippen molar-refractivity contribution in [3.8, 4) is 5.69 Å². The highest BCUT2D eigenvalue weighted by molar-refractivity contribution is 6.30. The van der Waals surface area contributed by atoms with Crippen LogP contribution in [-0.4, -0.2) is 32.9 Å². The molecule has 1 aromatic heterocycles. The van der Waals surface area contributed by atoms with E-state index in [9.17, 15) is 9.59 Å². The molecule has 0 aliphatic heterocycles. The van der Waals surface area contributed by atoms with Crippen molar-refractivity contribution in [2.75, 3.05) is 5.32 Å². The Balaban J connectivity index is 1.52. The molecule has 2 amide bonds. The molecule has 4 aromatic rings. The Hall–Kier alpha value is -3.97. The maximum Gasteiger partial charge on any atom is 0.274 e. The Bertz CT molecular complexity index is 1210. The van der Waals surface area contributed by atoms with Crippen LogP contribution in [0.5, 0.6) is 0 Å². The van der Waals surface area contributed by atoms with Crippen molar-refractivity contribution >= 4 is 29.1 Å². The minimum absolute atomic E-state index is 0.0931. The summed E-state index contributed by atoms with van der Waals surface area (Å²) in [6.45, 7) is 0. The maximum atomic E-state index is 13.0. The van der Waals surface area contributed by atoms with Gasteiger partial charge in [-0.15, -0.1) is 5.10 Å². The summed E-state index contributed by atoms with van der Waals surface area (Å²) < 4.78 is 1.46. The van der Waals surface area contributed by atoms with Crippen LogP contribution < -0.4 is 10.6 Å². The quantitative estimate of drug-likeness (QED) is 0.451. The summed E-state index contributed by atoms with van der Waals surface area (Å²) in [5.41, 5.74) is 2.34. The summed E-state index contributed by atoms with van der Waals surface area (Å²) in [6, 6.07) is 24.8. The molecule has 4 rings (SSSR count). The van der Waals surface area contributed by atoms with E-state index >= 15 is 0 Å². The van der Waals surface area contributed by atoms with Gasteiger partial charge in [0.15, 0.2) is 5.69 Å². The smallest absolute Gasteiger partial charge is 0.274 e. The van der Waals surface area contributed by atoms with E-state index in [2.05, 4.69) is 20.9 Å². The van der Waals surface area contributed by atoms with E-state index in [1.54, 1.807) is 36.4 Å². The Labute approximate surface area is 190 Å². The third kappa shape index (κ3) is 5.39. The number of hydrogen-bond acceptors (Lipinski definition) is 4. The fraction of sp³-hybridized carbons (Fsp3) is 0.0833. The number of nitrogens with one attached hydrogen (secondary N) is 2. The fourth-order valence-corrected chi connectivity index (χ4v) is 3.34. The average Bonchev–Trinajstić information content (AvgIpc) is 3.31. The predicted octanol–water partition coefficient (Wildman–Crippen LogP) is 3.90. The molecule has 0 spiro atoms. The van der Waals surface area contributed by atoms with Crippen molar-refractivity contribution < 1.29 is 9.59 Å². The molecule has 2 N–H and O–H groups in total. The van der Waals surface area contributed by atoms with Gasteiger partial charge in [0.05, 0.1) is 11.9 Å². The molecule has 0 saturated carbocycles. The molecule has 32 heavy (non-hydrogen) atoms. The van der Waals surface area contributed by atoms with E-state index < -0.39 is 11.9 Å². The standard InChI is InChI=1S/C24H20ClN5O2/c25-18-10-7-13-20(15-18)30-16-22(28-29-30)24(32)27-21(14-17-8-3-1-4-9-17)23(31)26-19-11-5-2-6-12-19/h1-13,15-16,21H,14H2,(H,26,31)(H,27,32). The highest BCUT2D eigenvalue weighted by atomic mass is 35.5. The molecule has 0 aliphatic carbocycles. The summed E-state index contributed by atoms with van der Waals surface area (Å²) in [4.78, 5) is 25.8. The molecular formula is C24H20ClN5O2. The van der Waals surface area contributed by atoms with Crippen LogP contribution in [0.4, 0.5) is 5.69 Å². The van der Waals surface area contributed by atoms with Crippen LogP contribution in [0.1, 0.15) is 16.1 Å². The zero-order valence-electron chi connectivity index (χ0n) is 17.0. The van der Waals surface area contributed by atoms with Gasteiger partial charge in [0.25, 0.3) is 5.91 Å². The second-order valence-corrected chi connectivity index (χ2v) is 7.54. The third-order valence-electron chi connectivity index (χ3n) is 4.74. The van der Waals surface area contributed by atoms with E-state index in [0.717, 1.165) is 5.56 Å². The number of carbonyl (C=O) groups is 2. The largest absolute Gasteiger partial charge is 0.338 e. The van der Waals surface area contributed by atoms with Gasteiger partial charge in [-0.05, 0) is 35.9 Å². The number of hydrogen-bond donors (Lipinski definition) is 2. The SMILES string of the molecule is O=C(NC(Cc1ccccc1)C(=O)Nc1ccccc1)c1cn(-c2cccc(Cl)c2)nn1.